The number of carbonyl (C=O) groups is 4. The van der Waals surface area contributed by atoms with Crippen molar-refractivity contribution in [3.63, 3.8) is 0 Å². The summed E-state index contributed by atoms with van der Waals surface area (Å²) < 4.78 is 5.61. The van der Waals surface area contributed by atoms with Crippen molar-refractivity contribution < 1.29 is 23.9 Å². The number of ether oxygens (including phenoxy) is 1. The first-order chi connectivity index (χ1) is 18.5. The minimum atomic E-state index is -0.659. The van der Waals surface area contributed by atoms with Crippen LogP contribution >= 0.6 is 0 Å². The van der Waals surface area contributed by atoms with Crippen LogP contribution < -0.4 is 10.6 Å². The number of primary amides is 1. The summed E-state index contributed by atoms with van der Waals surface area (Å²) in [5.74, 6) is -1.01. The summed E-state index contributed by atoms with van der Waals surface area (Å²) in [4.78, 5) is 56.9. The molecule has 1 unspecified atom stereocenters. The van der Waals surface area contributed by atoms with E-state index in [9.17, 15) is 19.2 Å². The van der Waals surface area contributed by atoms with Gasteiger partial charge in [-0.2, -0.15) is 0 Å². The first-order valence-corrected chi connectivity index (χ1v) is 14.4. The van der Waals surface area contributed by atoms with Gasteiger partial charge in [0.2, 0.25) is 11.8 Å². The Morgan fingerprint density at radius 2 is 1.79 bits per heavy atom. The number of Topliss-reactive ketones (excluding diaryl/α,β-unsaturated/α-hetero) is 1. The molecule has 0 bridgehead atoms. The molecule has 9 heteroatoms. The Morgan fingerprint density at radius 3 is 2.44 bits per heavy atom. The molecule has 3 aliphatic rings. The summed E-state index contributed by atoms with van der Waals surface area (Å²) in [6.45, 7) is 10.3. The minimum Gasteiger partial charge on any atom is -0.444 e. The van der Waals surface area contributed by atoms with E-state index in [2.05, 4.69) is 4.90 Å². The Balaban J connectivity index is 1.41. The van der Waals surface area contributed by atoms with E-state index in [4.69, 9.17) is 10.5 Å². The highest BCUT2D eigenvalue weighted by Gasteiger charge is 2.41. The number of hydrogen-bond acceptors (Lipinski definition) is 6. The molecule has 1 aromatic carbocycles. The van der Waals surface area contributed by atoms with Crippen LogP contribution in [0.2, 0.25) is 0 Å². The zero-order valence-electron chi connectivity index (χ0n) is 23.9. The summed E-state index contributed by atoms with van der Waals surface area (Å²) in [6.07, 6.45) is 3.87. The molecule has 1 aromatic rings. The topological polar surface area (TPSA) is 113 Å². The van der Waals surface area contributed by atoms with Gasteiger partial charge in [0.25, 0.3) is 0 Å². The first-order valence-electron chi connectivity index (χ1n) is 14.4. The highest BCUT2D eigenvalue weighted by atomic mass is 16.6. The molecular weight excluding hydrogens is 496 g/mol. The number of hydrogen-bond donors (Lipinski definition) is 1. The van der Waals surface area contributed by atoms with E-state index in [1.807, 2.05) is 56.9 Å². The van der Waals surface area contributed by atoms with Crippen LogP contribution in [0.15, 0.2) is 24.3 Å². The molecule has 3 saturated heterocycles. The number of nitrogens with zero attached hydrogens (tertiary/aromatic N) is 3. The van der Waals surface area contributed by atoms with Gasteiger partial charge in [-0.15, -0.1) is 0 Å². The lowest BCUT2D eigenvalue weighted by Crippen LogP contribution is -2.54. The number of amides is 3. The van der Waals surface area contributed by atoms with Crippen molar-refractivity contribution in [1.29, 1.82) is 0 Å². The van der Waals surface area contributed by atoms with Crippen LogP contribution in [-0.2, 0) is 25.5 Å². The number of likely N-dealkylation sites (tertiary alicyclic amines) is 1. The lowest BCUT2D eigenvalue weighted by atomic mass is 9.81. The van der Waals surface area contributed by atoms with Gasteiger partial charge in [0, 0.05) is 56.7 Å². The number of piperidine rings is 1. The monoisotopic (exact) mass is 540 g/mol. The van der Waals surface area contributed by atoms with E-state index in [1.54, 1.807) is 4.90 Å². The van der Waals surface area contributed by atoms with Crippen LogP contribution in [0.3, 0.4) is 0 Å². The Kier molecular flexibility index (Phi) is 8.86. The lowest BCUT2D eigenvalue weighted by Gasteiger charge is -2.41. The minimum absolute atomic E-state index is 0.00474. The van der Waals surface area contributed by atoms with E-state index < -0.39 is 29.6 Å². The molecular formula is C30H44N4O5. The van der Waals surface area contributed by atoms with E-state index in [0.29, 0.717) is 19.4 Å². The van der Waals surface area contributed by atoms with Gasteiger partial charge in [-0.3, -0.25) is 19.3 Å². The van der Waals surface area contributed by atoms with Gasteiger partial charge in [0.05, 0.1) is 6.04 Å². The first kappa shape index (κ1) is 28.9. The molecule has 3 heterocycles. The highest BCUT2D eigenvalue weighted by Crippen LogP contribution is 2.31. The van der Waals surface area contributed by atoms with Crippen molar-refractivity contribution in [3.8, 4) is 0 Å². The van der Waals surface area contributed by atoms with Crippen LogP contribution in [0, 0.1) is 11.8 Å². The van der Waals surface area contributed by atoms with Crippen molar-refractivity contribution in [3.05, 3.63) is 29.8 Å². The highest BCUT2D eigenvalue weighted by molar-refractivity contribution is 5.91. The van der Waals surface area contributed by atoms with Crippen LogP contribution in [-0.4, -0.2) is 77.4 Å². The van der Waals surface area contributed by atoms with Gasteiger partial charge in [0.1, 0.15) is 5.60 Å². The summed E-state index contributed by atoms with van der Waals surface area (Å²) in [6, 6.07) is 7.74. The molecule has 39 heavy (non-hydrogen) atoms. The van der Waals surface area contributed by atoms with Crippen LogP contribution in [0.25, 0.3) is 0 Å². The number of piperazine rings is 1. The van der Waals surface area contributed by atoms with Gasteiger partial charge < -0.3 is 20.3 Å². The Bertz CT molecular complexity index is 1070. The third-order valence-electron chi connectivity index (χ3n) is 8.37. The van der Waals surface area contributed by atoms with E-state index in [1.165, 1.54) is 0 Å². The van der Waals surface area contributed by atoms with Crippen molar-refractivity contribution in [2.45, 2.75) is 90.3 Å². The number of anilines is 1. The number of carbonyl (C=O) groups excluding carboxylic acids is 4. The molecule has 3 fully saturated rings. The molecule has 3 aliphatic heterocycles. The number of rotatable bonds is 8. The van der Waals surface area contributed by atoms with Gasteiger partial charge in [0.15, 0.2) is 5.78 Å². The summed E-state index contributed by atoms with van der Waals surface area (Å²) in [7, 11) is 0. The van der Waals surface area contributed by atoms with E-state index in [0.717, 1.165) is 56.6 Å². The van der Waals surface area contributed by atoms with Gasteiger partial charge in [-0.25, -0.2) is 4.79 Å². The molecule has 0 saturated carbocycles. The fourth-order valence-corrected chi connectivity index (χ4v) is 6.33. The van der Waals surface area contributed by atoms with Gasteiger partial charge in [-0.05, 0) is 70.1 Å². The van der Waals surface area contributed by atoms with Crippen molar-refractivity contribution in [2.24, 2.45) is 17.6 Å². The zero-order chi connectivity index (χ0) is 28.3. The second kappa shape index (κ2) is 12.0. The Hall–Kier alpha value is -3.10. The third-order valence-corrected chi connectivity index (χ3v) is 8.37. The summed E-state index contributed by atoms with van der Waals surface area (Å²) in [5.41, 5.74) is 7.14. The fraction of sp³-hybridized carbons (Fsp3) is 0.667. The smallest absolute Gasteiger partial charge is 0.410 e. The van der Waals surface area contributed by atoms with Crippen LogP contribution in [0.1, 0.15) is 71.8 Å². The third kappa shape index (κ3) is 6.92. The second-order valence-electron chi connectivity index (χ2n) is 12.3. The van der Waals surface area contributed by atoms with Gasteiger partial charge in [-0.1, -0.05) is 25.5 Å². The maximum absolute atomic E-state index is 13.6. The number of ketones is 1. The molecule has 4 rings (SSSR count). The molecule has 0 aliphatic carbocycles. The maximum Gasteiger partial charge on any atom is 0.410 e. The number of fused-ring (bicyclic) bond motifs is 1. The molecule has 214 valence electrons. The summed E-state index contributed by atoms with van der Waals surface area (Å²) in [5, 5.41) is 0. The van der Waals surface area contributed by atoms with Crippen LogP contribution in [0.4, 0.5) is 10.5 Å². The number of nitrogens with two attached hydrogens (primary N) is 1. The van der Waals surface area contributed by atoms with Crippen LogP contribution in [0.5, 0.6) is 0 Å². The molecule has 0 spiro atoms. The normalized spacial score (nSPS) is 24.4. The standard InChI is InChI=1S/C30H44N4O5/c1-5-21-7-6-14-34(29(38)39-30(2,3)4)27(21)25(35)18-22(28(31)37)17-20-8-10-23(11-9-20)32-15-16-33-24(19-32)12-13-26(33)36/h8-11,21-22,24,27H,5-7,12-19H2,1-4H3,(H2,31,37)/t21-,22-,24?,27+/m1/s1. The Labute approximate surface area is 232 Å². The molecule has 4 atom stereocenters. The average Bonchev–Trinajstić information content (AvgIpc) is 3.26. The number of benzene rings is 1. The van der Waals surface area contributed by atoms with Crippen molar-refractivity contribution >= 4 is 29.4 Å². The SMILES string of the molecule is CC[C@@H]1CCCN(C(=O)OC(C)(C)C)[C@@H]1C(=O)C[C@@H](Cc1ccc(N2CCN3C(=O)CCC3C2)cc1)C(N)=O. The Morgan fingerprint density at radius 1 is 1.08 bits per heavy atom. The van der Waals surface area contributed by atoms with Crippen molar-refractivity contribution in [1.82, 2.24) is 9.80 Å². The lowest BCUT2D eigenvalue weighted by molar-refractivity contribution is -0.132. The zero-order valence-corrected chi connectivity index (χ0v) is 23.9. The average molecular weight is 541 g/mol. The molecule has 0 radical (unpaired) electrons. The molecule has 3 amide bonds. The molecule has 9 nitrogen and oxygen atoms in total. The fourth-order valence-electron chi connectivity index (χ4n) is 6.33. The largest absolute Gasteiger partial charge is 0.444 e. The van der Waals surface area contributed by atoms with Crippen molar-refractivity contribution in [2.75, 3.05) is 31.1 Å². The predicted molar refractivity (Wildman–Crippen MR) is 149 cm³/mol. The van der Waals surface area contributed by atoms with E-state index in [-0.39, 0.29) is 30.1 Å². The predicted octanol–water partition coefficient (Wildman–Crippen LogP) is 3.53. The molecule has 0 aromatic heterocycles. The van der Waals surface area contributed by atoms with E-state index >= 15 is 0 Å². The summed E-state index contributed by atoms with van der Waals surface area (Å²) >= 11 is 0. The molecule has 2 N–H and O–H groups in total. The second-order valence-corrected chi connectivity index (χ2v) is 12.3. The maximum atomic E-state index is 13.6. The quantitative estimate of drug-likeness (QED) is 0.540. The van der Waals surface area contributed by atoms with Gasteiger partial charge >= 0.3 is 6.09 Å².